The van der Waals surface area contributed by atoms with Crippen molar-refractivity contribution in [3.63, 3.8) is 0 Å². The van der Waals surface area contributed by atoms with E-state index in [1.54, 1.807) is 32.0 Å². The normalized spacial score (nSPS) is 12.7. The first-order valence-corrected chi connectivity index (χ1v) is 15.1. The van der Waals surface area contributed by atoms with Crippen molar-refractivity contribution in [3.05, 3.63) is 92.9 Å². The minimum Gasteiger partial charge on any atom is -0.619 e. The third-order valence-electron chi connectivity index (χ3n) is 6.49. The first-order valence-electron chi connectivity index (χ1n) is 13.4. The SMILES string of the molecule is CC(C)(C#Cc1ccc(NC(=O)CSc2nnnn2-c2ccc(CC3CC3)cc2Cl)c(Cl)c1)NC(=O)c1cc[n+]([O-])cc1. The molecule has 0 saturated heterocycles. The second-order valence-corrected chi connectivity index (χ2v) is 12.4. The summed E-state index contributed by atoms with van der Waals surface area (Å²) in [6, 6.07) is 13.8. The van der Waals surface area contributed by atoms with Crippen LogP contribution in [0.25, 0.3) is 5.69 Å². The number of tetrazole rings is 1. The minimum atomic E-state index is -0.866. The summed E-state index contributed by atoms with van der Waals surface area (Å²) in [7, 11) is 0. The predicted octanol–water partition coefficient (Wildman–Crippen LogP) is 4.85. The van der Waals surface area contributed by atoms with Crippen LogP contribution in [0.15, 0.2) is 66.1 Å². The van der Waals surface area contributed by atoms with Crippen LogP contribution in [0.4, 0.5) is 5.69 Å². The molecule has 1 fully saturated rings. The summed E-state index contributed by atoms with van der Waals surface area (Å²) in [6.07, 6.45) is 6.05. The molecule has 0 unspecified atom stereocenters. The van der Waals surface area contributed by atoms with E-state index in [0.29, 0.717) is 42.4 Å². The predicted molar refractivity (Wildman–Crippen MR) is 165 cm³/mol. The van der Waals surface area contributed by atoms with Gasteiger partial charge in [-0.1, -0.05) is 52.9 Å². The number of nitrogens with zero attached hydrogens (tertiary/aromatic N) is 5. The first-order chi connectivity index (χ1) is 20.6. The summed E-state index contributed by atoms with van der Waals surface area (Å²) in [5, 5.41) is 30.0. The van der Waals surface area contributed by atoms with Gasteiger partial charge in [-0.3, -0.25) is 9.59 Å². The van der Waals surface area contributed by atoms with Crippen LogP contribution in [0, 0.1) is 23.0 Å². The van der Waals surface area contributed by atoms with Gasteiger partial charge in [0.15, 0.2) is 12.4 Å². The molecule has 0 spiro atoms. The summed E-state index contributed by atoms with van der Waals surface area (Å²) < 4.78 is 2.12. The van der Waals surface area contributed by atoms with Crippen LogP contribution < -0.4 is 15.4 Å². The van der Waals surface area contributed by atoms with Crippen molar-refractivity contribution in [2.45, 2.75) is 43.8 Å². The van der Waals surface area contributed by atoms with E-state index in [1.165, 1.54) is 59.4 Å². The molecule has 1 saturated carbocycles. The number of carbonyl (C=O) groups excluding carboxylic acids is 2. The lowest BCUT2D eigenvalue weighted by Gasteiger charge is -2.19. The Morgan fingerprint density at radius 2 is 1.88 bits per heavy atom. The van der Waals surface area contributed by atoms with Crippen LogP contribution in [-0.4, -0.2) is 43.3 Å². The zero-order valence-electron chi connectivity index (χ0n) is 23.3. The molecule has 0 bridgehead atoms. The zero-order chi connectivity index (χ0) is 30.6. The fraction of sp³-hybridized carbons (Fsp3) is 0.267. The second-order valence-electron chi connectivity index (χ2n) is 10.6. The van der Waals surface area contributed by atoms with E-state index in [2.05, 4.69) is 38.0 Å². The van der Waals surface area contributed by atoms with Gasteiger partial charge in [0.2, 0.25) is 11.1 Å². The van der Waals surface area contributed by atoms with Crippen molar-refractivity contribution in [1.29, 1.82) is 0 Å². The Bertz CT molecular complexity index is 1730. The van der Waals surface area contributed by atoms with Crippen LogP contribution in [0.5, 0.6) is 0 Å². The van der Waals surface area contributed by atoms with Crippen molar-refractivity contribution in [3.8, 4) is 17.5 Å². The van der Waals surface area contributed by atoms with E-state index in [-0.39, 0.29) is 17.6 Å². The van der Waals surface area contributed by atoms with Gasteiger partial charge in [-0.05, 0) is 85.3 Å². The lowest BCUT2D eigenvalue weighted by molar-refractivity contribution is -0.605. The lowest BCUT2D eigenvalue weighted by Crippen LogP contribution is -2.42. The number of rotatable bonds is 9. The molecular formula is C30H27Cl2N7O3S. The number of nitrogens with one attached hydrogen (secondary N) is 2. The number of halogens is 2. The molecule has 0 radical (unpaired) electrons. The number of thioether (sulfide) groups is 1. The molecule has 0 atom stereocenters. The van der Waals surface area contributed by atoms with E-state index in [9.17, 15) is 14.8 Å². The molecule has 2 N–H and O–H groups in total. The molecule has 2 heterocycles. The highest BCUT2D eigenvalue weighted by Crippen LogP contribution is 2.34. The Balaban J connectivity index is 1.17. The molecule has 1 aliphatic carbocycles. The maximum atomic E-state index is 12.7. The molecule has 13 heteroatoms. The number of hydrogen-bond donors (Lipinski definition) is 2. The number of carbonyl (C=O) groups is 2. The fourth-order valence-corrected chi connectivity index (χ4v) is 5.31. The van der Waals surface area contributed by atoms with E-state index >= 15 is 0 Å². The number of benzene rings is 2. The van der Waals surface area contributed by atoms with Gasteiger partial charge in [-0.2, -0.15) is 9.41 Å². The van der Waals surface area contributed by atoms with Crippen molar-refractivity contribution >= 4 is 52.5 Å². The summed E-state index contributed by atoms with van der Waals surface area (Å²) in [4.78, 5) is 25.2. The van der Waals surface area contributed by atoms with Crippen molar-refractivity contribution < 1.29 is 14.3 Å². The van der Waals surface area contributed by atoms with Crippen molar-refractivity contribution in [1.82, 2.24) is 25.5 Å². The average molecular weight is 637 g/mol. The van der Waals surface area contributed by atoms with E-state index in [4.69, 9.17) is 23.2 Å². The Hall–Kier alpha value is -4.11. The monoisotopic (exact) mass is 635 g/mol. The number of anilines is 1. The van der Waals surface area contributed by atoms with Gasteiger partial charge in [0.25, 0.3) is 5.91 Å². The van der Waals surface area contributed by atoms with Gasteiger partial charge in [-0.25, -0.2) is 0 Å². The molecule has 220 valence electrons. The Morgan fingerprint density at radius 3 is 2.58 bits per heavy atom. The third-order valence-corrected chi connectivity index (χ3v) is 8.02. The second kappa shape index (κ2) is 13.0. The molecule has 2 aromatic heterocycles. The largest absolute Gasteiger partial charge is 0.619 e. The van der Waals surface area contributed by atoms with Crippen LogP contribution in [-0.2, 0) is 11.2 Å². The smallest absolute Gasteiger partial charge is 0.252 e. The standard InChI is InChI=1S/C30H27Cl2N7O3S/c1-30(2,34-28(41)22-10-13-38(42)14-11-22)12-9-20-5-7-25(23(31)16-20)33-27(40)18-43-29-35-36-37-39(29)26-8-6-21(17-24(26)32)15-19-3-4-19/h5-8,10-11,13-14,16-17,19H,3-4,15,18H2,1-2H3,(H,33,40)(H,34,41). The van der Waals surface area contributed by atoms with E-state index < -0.39 is 5.54 Å². The number of amides is 2. The molecule has 2 amide bonds. The lowest BCUT2D eigenvalue weighted by atomic mass is 10.0. The molecule has 2 aromatic carbocycles. The minimum absolute atomic E-state index is 0.0414. The maximum absolute atomic E-state index is 12.7. The highest BCUT2D eigenvalue weighted by molar-refractivity contribution is 7.99. The number of aromatic nitrogens is 5. The topological polar surface area (TPSA) is 129 Å². The summed E-state index contributed by atoms with van der Waals surface area (Å²) in [5.41, 5.74) is 2.35. The van der Waals surface area contributed by atoms with Gasteiger partial charge in [0, 0.05) is 17.7 Å². The quantitative estimate of drug-likeness (QED) is 0.116. The highest BCUT2D eigenvalue weighted by atomic mass is 35.5. The maximum Gasteiger partial charge on any atom is 0.252 e. The molecule has 1 aliphatic rings. The Labute approximate surface area is 262 Å². The molecular weight excluding hydrogens is 609 g/mol. The molecule has 10 nitrogen and oxygen atoms in total. The van der Waals surface area contributed by atoms with Gasteiger partial charge in [0.05, 0.1) is 38.3 Å². The van der Waals surface area contributed by atoms with Crippen molar-refractivity contribution in [2.24, 2.45) is 5.92 Å². The van der Waals surface area contributed by atoms with Gasteiger partial charge >= 0.3 is 0 Å². The van der Waals surface area contributed by atoms with Crippen LogP contribution in [0.1, 0.15) is 48.2 Å². The van der Waals surface area contributed by atoms with Crippen LogP contribution in [0.3, 0.4) is 0 Å². The van der Waals surface area contributed by atoms with E-state index in [1.807, 2.05) is 18.2 Å². The zero-order valence-corrected chi connectivity index (χ0v) is 25.6. The molecule has 43 heavy (non-hydrogen) atoms. The van der Waals surface area contributed by atoms with E-state index in [0.717, 1.165) is 12.3 Å². The van der Waals surface area contributed by atoms with Crippen LogP contribution >= 0.6 is 35.0 Å². The third kappa shape index (κ3) is 8.26. The van der Waals surface area contributed by atoms with Gasteiger partial charge < -0.3 is 15.8 Å². The Kier molecular flexibility index (Phi) is 9.20. The van der Waals surface area contributed by atoms with Gasteiger partial charge in [0.1, 0.15) is 0 Å². The molecule has 5 rings (SSSR count). The summed E-state index contributed by atoms with van der Waals surface area (Å²) in [5.74, 6) is 6.16. The van der Waals surface area contributed by atoms with Crippen LogP contribution in [0.2, 0.25) is 10.0 Å². The molecule has 0 aliphatic heterocycles. The van der Waals surface area contributed by atoms with Crippen molar-refractivity contribution in [2.75, 3.05) is 11.1 Å². The summed E-state index contributed by atoms with van der Waals surface area (Å²) >= 11 is 14.1. The average Bonchev–Trinajstić information content (AvgIpc) is 3.66. The Morgan fingerprint density at radius 1 is 1.12 bits per heavy atom. The number of pyridine rings is 1. The number of hydrogen-bond acceptors (Lipinski definition) is 7. The first kappa shape index (κ1) is 30.4. The van der Waals surface area contributed by atoms with Gasteiger partial charge in [-0.15, -0.1) is 5.10 Å². The molecule has 4 aromatic rings. The highest BCUT2D eigenvalue weighted by Gasteiger charge is 2.22. The summed E-state index contributed by atoms with van der Waals surface area (Å²) in [6.45, 7) is 3.52. The fourth-order valence-electron chi connectivity index (χ4n) is 4.11.